The number of benzene rings is 1. The van der Waals surface area contributed by atoms with Gasteiger partial charge < -0.3 is 15.0 Å². The molecule has 1 heterocycles. The first kappa shape index (κ1) is 14.4. The molecule has 3 rings (SSSR count). The third-order valence-corrected chi connectivity index (χ3v) is 4.52. The minimum absolute atomic E-state index is 0.0477. The van der Waals surface area contributed by atoms with Crippen LogP contribution in [0, 0.1) is 5.92 Å². The lowest BCUT2D eigenvalue weighted by Gasteiger charge is -2.33. The van der Waals surface area contributed by atoms with Crippen molar-refractivity contribution in [3.8, 4) is 0 Å². The second kappa shape index (κ2) is 6.48. The summed E-state index contributed by atoms with van der Waals surface area (Å²) in [5.74, 6) is 0.766. The molecule has 0 bridgehead atoms. The Morgan fingerprint density at radius 1 is 1.19 bits per heavy atom. The molecular formula is C17H24N2O2. The van der Waals surface area contributed by atoms with Crippen molar-refractivity contribution in [2.24, 2.45) is 5.92 Å². The molecule has 1 amide bonds. The van der Waals surface area contributed by atoms with Crippen LogP contribution in [0.15, 0.2) is 24.3 Å². The number of ether oxygens (including phenoxy) is 1. The molecule has 1 aliphatic carbocycles. The lowest BCUT2D eigenvalue weighted by molar-refractivity contribution is 0.0819. The number of piperidine rings is 1. The minimum Gasteiger partial charge on any atom is -0.381 e. The Hall–Kier alpha value is -1.55. The molecule has 0 radical (unpaired) electrons. The Morgan fingerprint density at radius 2 is 1.86 bits per heavy atom. The quantitative estimate of drug-likeness (QED) is 0.905. The van der Waals surface area contributed by atoms with Crippen LogP contribution in [-0.2, 0) is 4.74 Å². The normalized spacial score (nSPS) is 19.6. The van der Waals surface area contributed by atoms with Crippen molar-refractivity contribution < 1.29 is 9.53 Å². The van der Waals surface area contributed by atoms with E-state index in [1.54, 1.807) is 7.11 Å². The molecule has 1 aliphatic heterocycles. The number of carbonyl (C=O) groups excluding carboxylic acids is 1. The molecule has 2 aliphatic rings. The van der Waals surface area contributed by atoms with E-state index < -0.39 is 0 Å². The Kier molecular flexibility index (Phi) is 4.44. The van der Waals surface area contributed by atoms with Crippen molar-refractivity contribution in [1.29, 1.82) is 0 Å². The largest absolute Gasteiger partial charge is 0.381 e. The van der Waals surface area contributed by atoms with Gasteiger partial charge in [0.25, 0.3) is 5.91 Å². The van der Waals surface area contributed by atoms with Crippen LogP contribution in [0.4, 0.5) is 5.69 Å². The maximum absolute atomic E-state index is 12.0. The summed E-state index contributed by atoms with van der Waals surface area (Å²) in [5, 5.41) is 3.00. The second-order valence-electron chi connectivity index (χ2n) is 6.12. The lowest BCUT2D eigenvalue weighted by Crippen LogP contribution is -2.36. The number of hydrogen-bond acceptors (Lipinski definition) is 3. The zero-order valence-electron chi connectivity index (χ0n) is 12.7. The van der Waals surface area contributed by atoms with Gasteiger partial charge in [0.05, 0.1) is 6.10 Å². The molecular weight excluding hydrogens is 264 g/mol. The Bertz CT molecular complexity index is 474. The molecule has 21 heavy (non-hydrogen) atoms. The van der Waals surface area contributed by atoms with Gasteiger partial charge >= 0.3 is 0 Å². The zero-order valence-corrected chi connectivity index (χ0v) is 12.7. The van der Waals surface area contributed by atoms with Gasteiger partial charge in [0.1, 0.15) is 0 Å². The fourth-order valence-electron chi connectivity index (χ4n) is 2.83. The maximum atomic E-state index is 12.0. The molecule has 4 heteroatoms. The number of carbonyl (C=O) groups is 1. The van der Waals surface area contributed by atoms with E-state index in [0.29, 0.717) is 6.10 Å². The summed E-state index contributed by atoms with van der Waals surface area (Å²) in [5.41, 5.74) is 1.95. The molecule has 0 aromatic heterocycles. The van der Waals surface area contributed by atoms with Gasteiger partial charge in [0, 0.05) is 38.0 Å². The van der Waals surface area contributed by atoms with Gasteiger partial charge in [-0.1, -0.05) is 0 Å². The minimum atomic E-state index is 0.0477. The molecule has 4 nitrogen and oxygen atoms in total. The summed E-state index contributed by atoms with van der Waals surface area (Å²) in [6.07, 6.45) is 5.06. The fourth-order valence-corrected chi connectivity index (χ4v) is 2.83. The third kappa shape index (κ3) is 3.76. The van der Waals surface area contributed by atoms with E-state index in [4.69, 9.17) is 4.74 Å². The molecule has 1 aromatic rings. The predicted molar refractivity (Wildman–Crippen MR) is 83.7 cm³/mol. The molecule has 1 N–H and O–H groups in total. The van der Waals surface area contributed by atoms with Crippen LogP contribution in [0.1, 0.15) is 36.0 Å². The van der Waals surface area contributed by atoms with E-state index in [1.807, 2.05) is 12.1 Å². The van der Waals surface area contributed by atoms with Crippen molar-refractivity contribution in [1.82, 2.24) is 5.32 Å². The van der Waals surface area contributed by atoms with Gasteiger partial charge in [-0.2, -0.15) is 0 Å². The number of methoxy groups -OCH3 is 1. The summed E-state index contributed by atoms with van der Waals surface area (Å²) >= 11 is 0. The number of nitrogens with zero attached hydrogens (tertiary/aromatic N) is 1. The zero-order chi connectivity index (χ0) is 14.7. The first-order chi connectivity index (χ1) is 10.3. The highest BCUT2D eigenvalue weighted by molar-refractivity contribution is 5.94. The van der Waals surface area contributed by atoms with Crippen LogP contribution < -0.4 is 10.2 Å². The smallest absolute Gasteiger partial charge is 0.251 e. The highest BCUT2D eigenvalue weighted by Crippen LogP contribution is 2.27. The van der Waals surface area contributed by atoms with E-state index in [0.717, 1.165) is 44.0 Å². The van der Waals surface area contributed by atoms with Crippen molar-refractivity contribution in [2.75, 3.05) is 31.6 Å². The van der Waals surface area contributed by atoms with Gasteiger partial charge in [-0.05, 0) is 55.9 Å². The van der Waals surface area contributed by atoms with Gasteiger partial charge in [0.15, 0.2) is 0 Å². The van der Waals surface area contributed by atoms with E-state index >= 15 is 0 Å². The summed E-state index contributed by atoms with van der Waals surface area (Å²) in [6.45, 7) is 2.86. The van der Waals surface area contributed by atoms with Crippen molar-refractivity contribution in [3.05, 3.63) is 29.8 Å². The molecule has 0 unspecified atom stereocenters. The standard InChI is InChI=1S/C17H24N2O2/c1-21-16-8-10-19(11-9-16)15-6-4-14(5-7-15)17(20)18-12-13-2-3-13/h4-7,13,16H,2-3,8-12H2,1H3,(H,18,20). The summed E-state index contributed by atoms with van der Waals surface area (Å²) in [6, 6.07) is 7.97. The SMILES string of the molecule is COC1CCN(c2ccc(C(=O)NCC3CC3)cc2)CC1. The van der Waals surface area contributed by atoms with E-state index in [1.165, 1.54) is 18.5 Å². The Balaban J connectivity index is 1.54. The number of nitrogens with one attached hydrogen (secondary N) is 1. The van der Waals surface area contributed by atoms with Crippen LogP contribution >= 0.6 is 0 Å². The monoisotopic (exact) mass is 288 g/mol. The summed E-state index contributed by atoms with van der Waals surface area (Å²) in [7, 11) is 1.79. The van der Waals surface area contributed by atoms with E-state index in [-0.39, 0.29) is 5.91 Å². The van der Waals surface area contributed by atoms with Gasteiger partial charge in [-0.25, -0.2) is 0 Å². The van der Waals surface area contributed by atoms with E-state index in [2.05, 4.69) is 22.3 Å². The van der Waals surface area contributed by atoms with Crippen LogP contribution in [-0.4, -0.2) is 38.8 Å². The fraction of sp³-hybridized carbons (Fsp3) is 0.588. The average molecular weight is 288 g/mol. The molecule has 1 saturated carbocycles. The van der Waals surface area contributed by atoms with Crippen molar-refractivity contribution >= 4 is 11.6 Å². The second-order valence-corrected chi connectivity index (χ2v) is 6.12. The maximum Gasteiger partial charge on any atom is 0.251 e. The molecule has 2 fully saturated rings. The lowest BCUT2D eigenvalue weighted by atomic mass is 10.1. The van der Waals surface area contributed by atoms with Crippen LogP contribution in [0.3, 0.4) is 0 Å². The molecule has 114 valence electrons. The number of anilines is 1. The Morgan fingerprint density at radius 3 is 2.43 bits per heavy atom. The number of rotatable bonds is 5. The van der Waals surface area contributed by atoms with Gasteiger partial charge in [-0.15, -0.1) is 0 Å². The Labute approximate surface area is 126 Å². The summed E-state index contributed by atoms with van der Waals surface area (Å²) < 4.78 is 5.40. The molecule has 1 saturated heterocycles. The molecule has 0 spiro atoms. The predicted octanol–water partition coefficient (Wildman–Crippen LogP) is 2.44. The highest BCUT2D eigenvalue weighted by Gasteiger charge is 2.22. The van der Waals surface area contributed by atoms with Crippen molar-refractivity contribution in [3.63, 3.8) is 0 Å². The highest BCUT2D eigenvalue weighted by atomic mass is 16.5. The first-order valence-electron chi connectivity index (χ1n) is 7.92. The molecule has 0 atom stereocenters. The van der Waals surface area contributed by atoms with Gasteiger partial charge in [0.2, 0.25) is 0 Å². The van der Waals surface area contributed by atoms with Gasteiger partial charge in [-0.3, -0.25) is 4.79 Å². The first-order valence-corrected chi connectivity index (χ1v) is 7.92. The average Bonchev–Trinajstić information content (AvgIpc) is 3.37. The van der Waals surface area contributed by atoms with Crippen LogP contribution in [0.5, 0.6) is 0 Å². The molecule has 1 aromatic carbocycles. The number of amides is 1. The van der Waals surface area contributed by atoms with E-state index in [9.17, 15) is 4.79 Å². The van der Waals surface area contributed by atoms with Crippen LogP contribution in [0.25, 0.3) is 0 Å². The topological polar surface area (TPSA) is 41.6 Å². The number of hydrogen-bond donors (Lipinski definition) is 1. The third-order valence-electron chi connectivity index (χ3n) is 4.52. The summed E-state index contributed by atoms with van der Waals surface area (Å²) in [4.78, 5) is 14.4. The van der Waals surface area contributed by atoms with Crippen LogP contribution in [0.2, 0.25) is 0 Å². The van der Waals surface area contributed by atoms with Crippen molar-refractivity contribution in [2.45, 2.75) is 31.8 Å².